The highest BCUT2D eigenvalue weighted by Gasteiger charge is 2.21. The fraction of sp³-hybridized carbons (Fsp3) is 0.0385. The number of hydrogen-bond donors (Lipinski definition) is 1. The van der Waals surface area contributed by atoms with E-state index in [1.807, 2.05) is 36.4 Å². The van der Waals surface area contributed by atoms with Crippen molar-refractivity contribution in [2.45, 2.75) is 16.4 Å². The number of allylic oxidation sites excluding steroid dienone is 1. The van der Waals surface area contributed by atoms with Crippen LogP contribution in [-0.2, 0) is 6.61 Å². The van der Waals surface area contributed by atoms with Crippen LogP contribution in [0.25, 0.3) is 6.08 Å². The molecule has 0 saturated carbocycles. The zero-order chi connectivity index (χ0) is 25.4. The standard InChI is InChI=1S/C26H14Cl5NO3S/c27-21-22(28)24(30)26(25(31)23(21)29)34-12-15-7-6-14(35-15)8-9-18(33)13-5-10-20-17(11-13)32-16-3-1-2-4-19(16)36-20/h1-11,32H,12H2/b9-8+. The van der Waals surface area contributed by atoms with E-state index in [4.69, 9.17) is 67.2 Å². The first kappa shape index (κ1) is 25.4. The van der Waals surface area contributed by atoms with Gasteiger partial charge in [0.05, 0.1) is 26.4 Å². The SMILES string of the molecule is O=C(/C=C/c1ccc(COc2c(Cl)c(Cl)c(Cl)c(Cl)c2Cl)o1)c1ccc2c(c1)Nc1ccccc1S2. The fourth-order valence-electron chi connectivity index (χ4n) is 3.46. The maximum atomic E-state index is 12.8. The Balaban J connectivity index is 1.25. The highest BCUT2D eigenvalue weighted by Crippen LogP contribution is 2.48. The van der Waals surface area contributed by atoms with Crippen LogP contribution in [0, 0.1) is 0 Å². The lowest BCUT2D eigenvalue weighted by Gasteiger charge is -2.20. The first-order valence-electron chi connectivity index (χ1n) is 10.4. The second kappa shape index (κ2) is 10.6. The van der Waals surface area contributed by atoms with E-state index >= 15 is 0 Å². The van der Waals surface area contributed by atoms with Crippen LogP contribution in [0.4, 0.5) is 11.4 Å². The molecule has 4 aromatic rings. The topological polar surface area (TPSA) is 51.5 Å². The van der Waals surface area contributed by atoms with Gasteiger partial charge < -0.3 is 14.5 Å². The highest BCUT2D eigenvalue weighted by atomic mass is 35.5. The summed E-state index contributed by atoms with van der Waals surface area (Å²) in [6.45, 7) is 0.00511. The average Bonchev–Trinajstić information content (AvgIpc) is 3.35. The summed E-state index contributed by atoms with van der Waals surface area (Å²) < 4.78 is 11.4. The van der Waals surface area contributed by atoms with Crippen LogP contribution in [0.15, 0.2) is 74.9 Å². The van der Waals surface area contributed by atoms with Gasteiger partial charge in [-0.3, -0.25) is 4.79 Å². The van der Waals surface area contributed by atoms with Crippen molar-refractivity contribution in [2.75, 3.05) is 5.32 Å². The molecular formula is C26H14Cl5NO3S. The molecule has 0 bridgehead atoms. The van der Waals surface area contributed by atoms with Gasteiger partial charge in [0.1, 0.15) is 28.2 Å². The van der Waals surface area contributed by atoms with Crippen LogP contribution in [-0.4, -0.2) is 5.78 Å². The third-order valence-electron chi connectivity index (χ3n) is 5.25. The molecule has 4 nitrogen and oxygen atoms in total. The van der Waals surface area contributed by atoms with Gasteiger partial charge in [-0.25, -0.2) is 0 Å². The Kier molecular flexibility index (Phi) is 7.49. The molecule has 0 radical (unpaired) electrons. The number of ether oxygens (including phenoxy) is 1. The zero-order valence-corrected chi connectivity index (χ0v) is 22.7. The molecule has 0 spiro atoms. The normalized spacial score (nSPS) is 12.2. The second-order valence-corrected chi connectivity index (χ2v) is 10.6. The minimum atomic E-state index is -0.151. The number of carbonyl (C=O) groups excluding carboxylic acids is 1. The molecule has 3 aromatic carbocycles. The summed E-state index contributed by atoms with van der Waals surface area (Å²) in [7, 11) is 0. The molecule has 182 valence electrons. The second-order valence-electron chi connectivity index (χ2n) is 7.62. The molecule has 2 heterocycles. The first-order valence-corrected chi connectivity index (χ1v) is 13.2. The number of anilines is 2. The molecule has 1 aliphatic rings. The van der Waals surface area contributed by atoms with Crippen molar-refractivity contribution in [1.82, 2.24) is 0 Å². The number of rotatable bonds is 6. The number of furan rings is 1. The summed E-state index contributed by atoms with van der Waals surface area (Å²) in [6.07, 6.45) is 3.06. The molecule has 0 unspecified atom stereocenters. The zero-order valence-electron chi connectivity index (χ0n) is 18.1. The molecule has 1 aromatic heterocycles. The molecule has 36 heavy (non-hydrogen) atoms. The predicted molar refractivity (Wildman–Crippen MR) is 148 cm³/mol. The van der Waals surface area contributed by atoms with E-state index in [1.165, 1.54) is 6.08 Å². The summed E-state index contributed by atoms with van der Waals surface area (Å²) in [6, 6.07) is 17.1. The molecule has 0 amide bonds. The lowest BCUT2D eigenvalue weighted by molar-refractivity contribution is 0.104. The lowest BCUT2D eigenvalue weighted by atomic mass is 10.1. The molecule has 0 aliphatic carbocycles. The van der Waals surface area contributed by atoms with Crippen molar-refractivity contribution in [3.8, 4) is 5.75 Å². The predicted octanol–water partition coefficient (Wildman–Crippen LogP) is 10.2. The first-order chi connectivity index (χ1) is 17.3. The van der Waals surface area contributed by atoms with Gasteiger partial charge in [-0.1, -0.05) is 81.9 Å². The van der Waals surface area contributed by atoms with Crippen LogP contribution < -0.4 is 10.1 Å². The van der Waals surface area contributed by atoms with Crippen LogP contribution in [0.5, 0.6) is 5.75 Å². The van der Waals surface area contributed by atoms with Gasteiger partial charge in [0.25, 0.3) is 0 Å². The molecule has 1 N–H and O–H groups in total. The van der Waals surface area contributed by atoms with Crippen molar-refractivity contribution in [3.05, 3.63) is 103 Å². The van der Waals surface area contributed by atoms with Crippen molar-refractivity contribution in [1.29, 1.82) is 0 Å². The number of carbonyl (C=O) groups is 1. The Morgan fingerprint density at radius 2 is 1.56 bits per heavy atom. The van der Waals surface area contributed by atoms with Crippen molar-refractivity contribution in [3.63, 3.8) is 0 Å². The van der Waals surface area contributed by atoms with Crippen LogP contribution in [0.3, 0.4) is 0 Å². The Morgan fingerprint density at radius 3 is 2.33 bits per heavy atom. The molecule has 5 rings (SSSR count). The Bertz CT molecular complexity index is 1500. The van der Waals surface area contributed by atoms with Gasteiger partial charge >= 0.3 is 0 Å². The van der Waals surface area contributed by atoms with Gasteiger partial charge in [0.2, 0.25) is 0 Å². The number of benzene rings is 3. The Labute approximate surface area is 236 Å². The van der Waals surface area contributed by atoms with Crippen molar-refractivity contribution < 1.29 is 13.9 Å². The van der Waals surface area contributed by atoms with Gasteiger partial charge in [0, 0.05) is 15.4 Å². The third kappa shape index (κ3) is 5.10. The molecular weight excluding hydrogens is 584 g/mol. The molecule has 0 fully saturated rings. The minimum Gasteiger partial charge on any atom is -0.482 e. The molecule has 10 heteroatoms. The van der Waals surface area contributed by atoms with E-state index in [2.05, 4.69) is 11.4 Å². The van der Waals surface area contributed by atoms with Gasteiger partial charge in [-0.2, -0.15) is 0 Å². The quantitative estimate of drug-likeness (QED) is 0.0913. The van der Waals surface area contributed by atoms with Crippen LogP contribution in [0.2, 0.25) is 25.1 Å². The smallest absolute Gasteiger partial charge is 0.186 e. The number of para-hydroxylation sites is 1. The van der Waals surface area contributed by atoms with Gasteiger partial charge in [0.15, 0.2) is 11.5 Å². The summed E-state index contributed by atoms with van der Waals surface area (Å²) in [4.78, 5) is 15.0. The third-order valence-corrected chi connectivity index (χ3v) is 8.64. The Morgan fingerprint density at radius 1 is 0.861 bits per heavy atom. The number of hydrogen-bond acceptors (Lipinski definition) is 5. The average molecular weight is 598 g/mol. The van der Waals surface area contributed by atoms with E-state index in [0.29, 0.717) is 17.1 Å². The van der Waals surface area contributed by atoms with E-state index in [0.717, 1.165) is 21.2 Å². The molecule has 1 aliphatic heterocycles. The van der Waals surface area contributed by atoms with E-state index in [-0.39, 0.29) is 43.3 Å². The number of ketones is 1. The Hall–Kier alpha value is -2.25. The van der Waals surface area contributed by atoms with Gasteiger partial charge in [-0.05, 0) is 54.6 Å². The van der Waals surface area contributed by atoms with E-state index in [9.17, 15) is 4.79 Å². The summed E-state index contributed by atoms with van der Waals surface area (Å²) in [5, 5.41) is 3.63. The minimum absolute atomic E-state index is 0.00511. The maximum absolute atomic E-state index is 12.8. The molecule has 0 atom stereocenters. The number of fused-ring (bicyclic) bond motifs is 2. The maximum Gasteiger partial charge on any atom is 0.186 e. The van der Waals surface area contributed by atoms with Crippen molar-refractivity contribution in [2.24, 2.45) is 0 Å². The number of halogens is 5. The van der Waals surface area contributed by atoms with E-state index < -0.39 is 0 Å². The monoisotopic (exact) mass is 595 g/mol. The number of nitrogens with one attached hydrogen (secondary N) is 1. The highest BCUT2D eigenvalue weighted by molar-refractivity contribution is 7.99. The van der Waals surface area contributed by atoms with Crippen molar-refractivity contribution >= 4 is 93.0 Å². The largest absolute Gasteiger partial charge is 0.482 e. The summed E-state index contributed by atoms with van der Waals surface area (Å²) in [5.74, 6) is 0.905. The summed E-state index contributed by atoms with van der Waals surface area (Å²) in [5.41, 5.74) is 2.48. The molecule has 0 saturated heterocycles. The van der Waals surface area contributed by atoms with Crippen LogP contribution in [0.1, 0.15) is 21.9 Å². The van der Waals surface area contributed by atoms with Gasteiger partial charge in [-0.15, -0.1) is 0 Å². The fourth-order valence-corrected chi connectivity index (χ4v) is 5.66. The van der Waals surface area contributed by atoms with E-state index in [1.54, 1.807) is 30.0 Å². The van der Waals surface area contributed by atoms with Crippen LogP contribution >= 0.6 is 69.8 Å². The summed E-state index contributed by atoms with van der Waals surface area (Å²) >= 11 is 32.2. The lowest BCUT2D eigenvalue weighted by Crippen LogP contribution is -2.02.